The zero-order valence-electron chi connectivity index (χ0n) is 13.4. The van der Waals surface area contributed by atoms with Crippen molar-refractivity contribution < 1.29 is 14.7 Å². The van der Waals surface area contributed by atoms with E-state index in [1.165, 1.54) is 5.56 Å². The molecular weight excluding hydrogens is 310 g/mol. The van der Waals surface area contributed by atoms with E-state index in [4.69, 9.17) is 5.11 Å². The molecule has 1 aromatic carbocycles. The van der Waals surface area contributed by atoms with Gasteiger partial charge in [-0.05, 0) is 37.2 Å². The predicted octanol–water partition coefficient (Wildman–Crippen LogP) is 3.02. The minimum Gasteiger partial charge on any atom is -0.481 e. The van der Waals surface area contributed by atoms with Crippen LogP contribution in [-0.2, 0) is 15.3 Å². The Morgan fingerprint density at radius 2 is 1.96 bits per heavy atom. The number of amides is 1. The number of likely N-dealkylation sites (tertiary alicyclic amines) is 1. The molecule has 124 valence electrons. The van der Waals surface area contributed by atoms with Crippen LogP contribution in [0.15, 0.2) is 30.3 Å². The van der Waals surface area contributed by atoms with Crippen LogP contribution in [0.2, 0.25) is 0 Å². The molecule has 1 saturated heterocycles. The van der Waals surface area contributed by atoms with Crippen LogP contribution in [0, 0.1) is 11.3 Å². The Labute approximate surface area is 141 Å². The molecule has 1 N–H and O–H groups in total. The van der Waals surface area contributed by atoms with E-state index in [0.29, 0.717) is 13.1 Å². The second-order valence-electron chi connectivity index (χ2n) is 6.72. The van der Waals surface area contributed by atoms with Crippen LogP contribution >= 0.6 is 11.8 Å². The maximum Gasteiger partial charge on any atom is 0.307 e. The van der Waals surface area contributed by atoms with Crippen molar-refractivity contribution in [3.8, 4) is 0 Å². The van der Waals surface area contributed by atoms with E-state index in [0.717, 1.165) is 25.0 Å². The Bertz CT molecular complexity index is 581. The van der Waals surface area contributed by atoms with Gasteiger partial charge in [-0.15, -0.1) is 11.8 Å². The second-order valence-corrected chi connectivity index (χ2v) is 8.05. The van der Waals surface area contributed by atoms with E-state index in [9.17, 15) is 9.59 Å². The van der Waals surface area contributed by atoms with E-state index in [1.807, 2.05) is 30.0 Å². The van der Waals surface area contributed by atoms with Crippen molar-refractivity contribution >= 4 is 23.6 Å². The highest BCUT2D eigenvalue weighted by Crippen LogP contribution is 2.59. The third-order valence-electron chi connectivity index (χ3n) is 5.25. The maximum atomic E-state index is 12.6. The molecule has 1 heterocycles. The summed E-state index contributed by atoms with van der Waals surface area (Å²) in [6, 6.07) is 10.2. The van der Waals surface area contributed by atoms with Gasteiger partial charge in [-0.3, -0.25) is 9.59 Å². The highest BCUT2D eigenvalue weighted by atomic mass is 32.2. The first-order chi connectivity index (χ1) is 11.0. The molecule has 1 amide bonds. The summed E-state index contributed by atoms with van der Waals surface area (Å²) in [5, 5.41) is 9.07. The molecule has 3 rings (SSSR count). The molecule has 1 saturated carbocycles. The quantitative estimate of drug-likeness (QED) is 0.900. The average molecular weight is 333 g/mol. The monoisotopic (exact) mass is 333 g/mol. The van der Waals surface area contributed by atoms with Crippen molar-refractivity contribution in [1.82, 2.24) is 4.90 Å². The van der Waals surface area contributed by atoms with Gasteiger partial charge in [-0.25, -0.2) is 0 Å². The largest absolute Gasteiger partial charge is 0.481 e. The zero-order chi connectivity index (χ0) is 16.4. The van der Waals surface area contributed by atoms with Crippen LogP contribution in [0.1, 0.15) is 31.7 Å². The fourth-order valence-electron chi connectivity index (χ4n) is 3.55. The number of benzene rings is 1. The number of hydrogen-bond acceptors (Lipinski definition) is 3. The van der Waals surface area contributed by atoms with Gasteiger partial charge in [0.2, 0.25) is 5.91 Å². The van der Waals surface area contributed by atoms with Crippen molar-refractivity contribution in [2.75, 3.05) is 13.1 Å². The highest BCUT2D eigenvalue weighted by molar-refractivity contribution is 7.99. The summed E-state index contributed by atoms with van der Waals surface area (Å²) in [5.74, 6) is 0.182. The molecule has 2 atom stereocenters. The molecule has 2 unspecified atom stereocenters. The van der Waals surface area contributed by atoms with Crippen molar-refractivity contribution in [3.63, 3.8) is 0 Å². The zero-order valence-corrected chi connectivity index (χ0v) is 14.2. The summed E-state index contributed by atoms with van der Waals surface area (Å²) in [5.41, 5.74) is 1.22. The first kappa shape index (κ1) is 16.4. The Hall–Kier alpha value is -1.49. The Kier molecular flexibility index (Phi) is 4.67. The average Bonchev–Trinajstić information content (AvgIpc) is 3.27. The van der Waals surface area contributed by atoms with Crippen molar-refractivity contribution in [2.24, 2.45) is 11.3 Å². The van der Waals surface area contributed by atoms with Crippen LogP contribution in [0.5, 0.6) is 0 Å². The SMILES string of the molecule is CC(SCc1ccccc1)C(=O)N1CCC2(CC1)CC2C(=O)O. The van der Waals surface area contributed by atoms with Gasteiger partial charge in [0, 0.05) is 18.8 Å². The fraction of sp³-hybridized carbons (Fsp3) is 0.556. The molecule has 4 nitrogen and oxygen atoms in total. The number of nitrogens with zero attached hydrogens (tertiary/aromatic N) is 1. The number of carbonyl (C=O) groups excluding carboxylic acids is 1. The fourth-order valence-corrected chi connectivity index (χ4v) is 4.47. The molecule has 0 bridgehead atoms. The van der Waals surface area contributed by atoms with Gasteiger partial charge in [-0.1, -0.05) is 30.3 Å². The Balaban J connectivity index is 1.47. The van der Waals surface area contributed by atoms with Gasteiger partial charge in [0.1, 0.15) is 0 Å². The van der Waals surface area contributed by atoms with Crippen molar-refractivity contribution in [2.45, 2.75) is 37.2 Å². The summed E-state index contributed by atoms with van der Waals surface area (Å²) < 4.78 is 0. The summed E-state index contributed by atoms with van der Waals surface area (Å²) in [6.07, 6.45) is 2.47. The molecule has 0 radical (unpaired) electrons. The number of piperidine rings is 1. The highest BCUT2D eigenvalue weighted by Gasteiger charge is 2.59. The third-order valence-corrected chi connectivity index (χ3v) is 6.45. The van der Waals surface area contributed by atoms with E-state index in [-0.39, 0.29) is 22.5 Å². The lowest BCUT2D eigenvalue weighted by Gasteiger charge is -2.34. The molecule has 1 spiro atoms. The van der Waals surface area contributed by atoms with Crippen LogP contribution in [0.3, 0.4) is 0 Å². The van der Waals surface area contributed by atoms with Crippen LogP contribution < -0.4 is 0 Å². The minimum absolute atomic E-state index is 0.0109. The molecule has 1 aliphatic carbocycles. The first-order valence-corrected chi connectivity index (χ1v) is 9.24. The van der Waals surface area contributed by atoms with Crippen molar-refractivity contribution in [3.05, 3.63) is 35.9 Å². The molecular formula is C18H23NO3S. The van der Waals surface area contributed by atoms with Gasteiger partial charge < -0.3 is 10.0 Å². The van der Waals surface area contributed by atoms with Gasteiger partial charge in [0.15, 0.2) is 0 Å². The number of carboxylic acid groups (broad SMARTS) is 1. The lowest BCUT2D eigenvalue weighted by atomic mass is 9.90. The van der Waals surface area contributed by atoms with E-state index in [1.54, 1.807) is 11.8 Å². The van der Waals surface area contributed by atoms with Gasteiger partial charge in [-0.2, -0.15) is 0 Å². The van der Waals surface area contributed by atoms with Gasteiger partial charge in [0.05, 0.1) is 11.2 Å². The molecule has 1 aromatic rings. The molecule has 2 fully saturated rings. The summed E-state index contributed by atoms with van der Waals surface area (Å²) in [6.45, 7) is 3.38. The third kappa shape index (κ3) is 3.55. The Morgan fingerprint density at radius 1 is 1.30 bits per heavy atom. The topological polar surface area (TPSA) is 57.6 Å². The lowest BCUT2D eigenvalue weighted by Crippen LogP contribution is -2.43. The number of thioether (sulfide) groups is 1. The van der Waals surface area contributed by atoms with E-state index in [2.05, 4.69) is 12.1 Å². The number of aliphatic carboxylic acids is 1. The van der Waals surface area contributed by atoms with Gasteiger partial charge >= 0.3 is 5.97 Å². The summed E-state index contributed by atoms with van der Waals surface area (Å²) in [7, 11) is 0. The summed E-state index contributed by atoms with van der Waals surface area (Å²) >= 11 is 1.67. The van der Waals surface area contributed by atoms with Crippen LogP contribution in [0.25, 0.3) is 0 Å². The molecule has 5 heteroatoms. The van der Waals surface area contributed by atoms with Gasteiger partial charge in [0.25, 0.3) is 0 Å². The summed E-state index contributed by atoms with van der Waals surface area (Å²) in [4.78, 5) is 25.6. The number of hydrogen-bond donors (Lipinski definition) is 1. The number of carboxylic acids is 1. The number of rotatable bonds is 5. The van der Waals surface area contributed by atoms with Crippen LogP contribution in [0.4, 0.5) is 0 Å². The van der Waals surface area contributed by atoms with E-state index < -0.39 is 5.97 Å². The lowest BCUT2D eigenvalue weighted by molar-refractivity contribution is -0.139. The second kappa shape index (κ2) is 6.56. The normalized spacial score (nSPS) is 23.5. The molecule has 23 heavy (non-hydrogen) atoms. The molecule has 0 aromatic heterocycles. The minimum atomic E-state index is -0.670. The Morgan fingerprint density at radius 3 is 2.52 bits per heavy atom. The predicted molar refractivity (Wildman–Crippen MR) is 91.2 cm³/mol. The molecule has 1 aliphatic heterocycles. The smallest absolute Gasteiger partial charge is 0.307 e. The van der Waals surface area contributed by atoms with E-state index >= 15 is 0 Å². The maximum absolute atomic E-state index is 12.6. The van der Waals surface area contributed by atoms with Crippen molar-refractivity contribution in [1.29, 1.82) is 0 Å². The van der Waals surface area contributed by atoms with Crippen LogP contribution in [-0.4, -0.2) is 40.2 Å². The standard InChI is InChI=1S/C18H23NO3S/c1-13(23-12-14-5-3-2-4-6-14)16(20)19-9-7-18(8-10-19)11-15(18)17(21)22/h2-6,13,15H,7-12H2,1H3,(H,21,22). The first-order valence-electron chi connectivity index (χ1n) is 8.19. The molecule has 2 aliphatic rings. The number of carbonyl (C=O) groups is 2.